The smallest absolute Gasteiger partial charge is 0.338 e. The van der Waals surface area contributed by atoms with E-state index in [4.69, 9.17) is 4.74 Å². The molecule has 80 valence electrons. The molecule has 0 unspecified atom stereocenters. The second kappa shape index (κ2) is 3.37. The monoisotopic (exact) mass is 204 g/mol. The molecule has 0 atom stereocenters. The quantitative estimate of drug-likeness (QED) is 0.657. The van der Waals surface area contributed by atoms with Crippen LogP contribution < -0.4 is 0 Å². The number of rotatable bonds is 1. The summed E-state index contributed by atoms with van der Waals surface area (Å²) in [7, 11) is 0. The molecule has 0 aromatic heterocycles. The van der Waals surface area contributed by atoms with E-state index in [-0.39, 0.29) is 11.4 Å². The summed E-state index contributed by atoms with van der Waals surface area (Å²) in [5.41, 5.74) is 3.31. The third kappa shape index (κ3) is 2.20. The Hall–Kier alpha value is -1.31. The van der Waals surface area contributed by atoms with E-state index in [1.165, 1.54) is 5.56 Å². The first-order valence-corrected chi connectivity index (χ1v) is 5.25. The lowest BCUT2D eigenvalue weighted by atomic mass is 9.87. The molecular formula is C13H16O2. The van der Waals surface area contributed by atoms with Gasteiger partial charge < -0.3 is 4.74 Å². The van der Waals surface area contributed by atoms with Gasteiger partial charge >= 0.3 is 5.97 Å². The Balaban J connectivity index is 2.27. The van der Waals surface area contributed by atoms with Crippen LogP contribution in [-0.4, -0.2) is 5.97 Å². The van der Waals surface area contributed by atoms with Gasteiger partial charge in [0.2, 0.25) is 0 Å². The number of esters is 1. The van der Waals surface area contributed by atoms with Gasteiger partial charge in [-0.2, -0.15) is 0 Å². The average Bonchev–Trinajstić information content (AvgIpc) is 2.45. The van der Waals surface area contributed by atoms with Gasteiger partial charge in [0.25, 0.3) is 0 Å². The van der Waals surface area contributed by atoms with Crippen LogP contribution in [0, 0.1) is 5.41 Å². The molecule has 1 aromatic rings. The lowest BCUT2D eigenvalue weighted by molar-refractivity contribution is 0.0535. The minimum absolute atomic E-state index is 0.188. The van der Waals surface area contributed by atoms with Crippen LogP contribution in [0.1, 0.15) is 42.3 Å². The summed E-state index contributed by atoms with van der Waals surface area (Å²) in [6, 6.07) is 5.99. The number of benzene rings is 1. The van der Waals surface area contributed by atoms with Gasteiger partial charge in [0.05, 0.1) is 5.56 Å². The van der Waals surface area contributed by atoms with Gasteiger partial charge in [0.1, 0.15) is 6.61 Å². The molecule has 2 nitrogen and oxygen atoms in total. The number of ether oxygens (including phenoxy) is 1. The lowest BCUT2D eigenvalue weighted by Crippen LogP contribution is -2.09. The Morgan fingerprint density at radius 3 is 2.73 bits per heavy atom. The minimum Gasteiger partial charge on any atom is -0.457 e. The molecule has 1 aliphatic heterocycles. The predicted octanol–water partition coefficient (Wildman–Crippen LogP) is 2.95. The Morgan fingerprint density at radius 1 is 1.33 bits per heavy atom. The summed E-state index contributed by atoms with van der Waals surface area (Å²) in [6.45, 7) is 7.07. The van der Waals surface area contributed by atoms with Crippen LogP contribution in [0.25, 0.3) is 0 Å². The lowest BCUT2D eigenvalue weighted by Gasteiger charge is -2.18. The van der Waals surface area contributed by atoms with Crippen molar-refractivity contribution in [3.63, 3.8) is 0 Å². The number of cyclic esters (lactones) is 1. The van der Waals surface area contributed by atoms with Crippen molar-refractivity contribution >= 4 is 5.97 Å². The number of carbonyl (C=O) groups is 1. The van der Waals surface area contributed by atoms with Gasteiger partial charge in [-0.3, -0.25) is 0 Å². The van der Waals surface area contributed by atoms with E-state index in [1.807, 2.05) is 12.1 Å². The van der Waals surface area contributed by atoms with Gasteiger partial charge in [0, 0.05) is 5.56 Å². The maximum Gasteiger partial charge on any atom is 0.338 e. The zero-order valence-electron chi connectivity index (χ0n) is 9.46. The normalized spacial score (nSPS) is 15.0. The highest BCUT2D eigenvalue weighted by Crippen LogP contribution is 2.25. The summed E-state index contributed by atoms with van der Waals surface area (Å²) >= 11 is 0. The number of hydrogen-bond donors (Lipinski definition) is 0. The van der Waals surface area contributed by atoms with Gasteiger partial charge in [0.15, 0.2) is 0 Å². The predicted molar refractivity (Wildman–Crippen MR) is 58.7 cm³/mol. The van der Waals surface area contributed by atoms with Gasteiger partial charge in [-0.1, -0.05) is 32.9 Å². The molecule has 0 N–H and O–H groups in total. The molecule has 0 saturated carbocycles. The Morgan fingerprint density at radius 2 is 2.07 bits per heavy atom. The third-order valence-electron chi connectivity index (χ3n) is 2.48. The molecule has 0 radical (unpaired) electrons. The molecule has 0 aliphatic carbocycles. The molecule has 0 bridgehead atoms. The molecule has 0 fully saturated rings. The Bertz CT molecular complexity index is 399. The van der Waals surface area contributed by atoms with E-state index in [9.17, 15) is 4.79 Å². The summed E-state index contributed by atoms with van der Waals surface area (Å²) < 4.78 is 4.97. The van der Waals surface area contributed by atoms with Crippen LogP contribution in [0.4, 0.5) is 0 Å². The van der Waals surface area contributed by atoms with Crippen LogP contribution in [0.15, 0.2) is 18.2 Å². The van der Waals surface area contributed by atoms with Crippen molar-refractivity contribution in [3.8, 4) is 0 Å². The highest BCUT2D eigenvalue weighted by Gasteiger charge is 2.21. The van der Waals surface area contributed by atoms with Crippen LogP contribution in [0.5, 0.6) is 0 Å². The van der Waals surface area contributed by atoms with Crippen molar-refractivity contribution in [3.05, 3.63) is 34.9 Å². The SMILES string of the molecule is CC(C)(C)Cc1ccc2c(c1)COC2=O. The summed E-state index contributed by atoms with van der Waals surface area (Å²) in [6.07, 6.45) is 1.02. The zero-order chi connectivity index (χ0) is 11.1. The fourth-order valence-corrected chi connectivity index (χ4v) is 1.91. The number of hydrogen-bond acceptors (Lipinski definition) is 2. The van der Waals surface area contributed by atoms with E-state index in [0.29, 0.717) is 6.61 Å². The minimum atomic E-state index is -0.188. The first-order chi connectivity index (χ1) is 6.96. The largest absolute Gasteiger partial charge is 0.457 e. The van der Waals surface area contributed by atoms with Crippen LogP contribution in [-0.2, 0) is 17.8 Å². The maximum atomic E-state index is 11.2. The van der Waals surface area contributed by atoms with E-state index in [0.717, 1.165) is 17.5 Å². The van der Waals surface area contributed by atoms with Crippen molar-refractivity contribution in [1.82, 2.24) is 0 Å². The van der Waals surface area contributed by atoms with Crippen molar-refractivity contribution in [2.45, 2.75) is 33.8 Å². The highest BCUT2D eigenvalue weighted by molar-refractivity contribution is 5.93. The zero-order valence-corrected chi connectivity index (χ0v) is 9.46. The fourth-order valence-electron chi connectivity index (χ4n) is 1.91. The molecule has 0 saturated heterocycles. The first kappa shape index (κ1) is 10.2. The molecule has 1 aliphatic rings. The molecule has 0 spiro atoms. The van der Waals surface area contributed by atoms with Gasteiger partial charge in [-0.25, -0.2) is 4.79 Å². The van der Waals surface area contributed by atoms with E-state index >= 15 is 0 Å². The maximum absolute atomic E-state index is 11.2. The van der Waals surface area contributed by atoms with Crippen LogP contribution >= 0.6 is 0 Å². The van der Waals surface area contributed by atoms with E-state index in [2.05, 4.69) is 26.8 Å². The molecule has 0 amide bonds. The molecule has 1 aromatic carbocycles. The summed E-state index contributed by atoms with van der Waals surface area (Å²) in [4.78, 5) is 11.2. The Labute approximate surface area is 90.3 Å². The third-order valence-corrected chi connectivity index (χ3v) is 2.48. The van der Waals surface area contributed by atoms with E-state index < -0.39 is 0 Å². The standard InChI is InChI=1S/C13H16O2/c1-13(2,3)7-9-4-5-11-10(6-9)8-15-12(11)14/h4-6H,7-8H2,1-3H3. The van der Waals surface area contributed by atoms with Gasteiger partial charge in [-0.05, 0) is 23.5 Å². The van der Waals surface area contributed by atoms with E-state index in [1.54, 1.807) is 0 Å². The second-order valence-electron chi connectivity index (χ2n) is 5.31. The first-order valence-electron chi connectivity index (χ1n) is 5.25. The second-order valence-corrected chi connectivity index (χ2v) is 5.31. The summed E-state index contributed by atoms with van der Waals surface area (Å²) in [5, 5.41) is 0. The van der Waals surface area contributed by atoms with Crippen molar-refractivity contribution in [2.24, 2.45) is 5.41 Å². The van der Waals surface area contributed by atoms with Crippen molar-refractivity contribution in [1.29, 1.82) is 0 Å². The number of carbonyl (C=O) groups excluding carboxylic acids is 1. The van der Waals surface area contributed by atoms with Crippen molar-refractivity contribution in [2.75, 3.05) is 0 Å². The van der Waals surface area contributed by atoms with Crippen LogP contribution in [0.3, 0.4) is 0 Å². The molecule has 2 heteroatoms. The molecule has 1 heterocycles. The number of fused-ring (bicyclic) bond motifs is 1. The topological polar surface area (TPSA) is 26.3 Å². The average molecular weight is 204 g/mol. The fraction of sp³-hybridized carbons (Fsp3) is 0.462. The molecule has 15 heavy (non-hydrogen) atoms. The highest BCUT2D eigenvalue weighted by atomic mass is 16.5. The van der Waals surface area contributed by atoms with Gasteiger partial charge in [-0.15, -0.1) is 0 Å². The Kier molecular flexibility index (Phi) is 2.29. The molecular weight excluding hydrogens is 188 g/mol. The van der Waals surface area contributed by atoms with Crippen molar-refractivity contribution < 1.29 is 9.53 Å². The summed E-state index contributed by atoms with van der Waals surface area (Å²) in [5.74, 6) is -0.188. The van der Waals surface area contributed by atoms with Crippen LogP contribution in [0.2, 0.25) is 0 Å². The molecule has 2 rings (SSSR count).